The van der Waals surface area contributed by atoms with Crippen LogP contribution in [-0.4, -0.2) is 28.5 Å². The van der Waals surface area contributed by atoms with Crippen molar-refractivity contribution in [2.75, 3.05) is 7.11 Å². The number of nitrogens with one attached hydrogen (secondary N) is 1. The van der Waals surface area contributed by atoms with Crippen LogP contribution >= 0.6 is 0 Å². The van der Waals surface area contributed by atoms with Gasteiger partial charge in [-0.05, 0) is 26.8 Å². The Hall–Kier alpha value is -1.24. The number of esters is 1. The molecule has 110 valence electrons. The zero-order chi connectivity index (χ0) is 14.9. The SMILES string of the molecule is COC(=O)[C@@H]1Oc2ccccc2[C@H]1N[S+]([O-])C(C)(C)C. The normalized spacial score (nSPS) is 22.9. The first-order valence-corrected chi connectivity index (χ1v) is 7.51. The van der Waals surface area contributed by atoms with E-state index in [2.05, 4.69) is 4.72 Å². The number of carbonyl (C=O) groups excluding carboxylic acids is 1. The van der Waals surface area contributed by atoms with Gasteiger partial charge in [0.2, 0.25) is 6.10 Å². The van der Waals surface area contributed by atoms with Crippen molar-refractivity contribution in [1.29, 1.82) is 0 Å². The fourth-order valence-electron chi connectivity index (χ4n) is 1.93. The summed E-state index contributed by atoms with van der Waals surface area (Å²) in [6, 6.07) is 6.86. The van der Waals surface area contributed by atoms with Crippen molar-refractivity contribution in [3.8, 4) is 5.75 Å². The van der Waals surface area contributed by atoms with E-state index in [0.717, 1.165) is 5.56 Å². The molecule has 3 atom stereocenters. The van der Waals surface area contributed by atoms with E-state index in [1.807, 2.05) is 39.0 Å². The Morgan fingerprint density at radius 2 is 2.05 bits per heavy atom. The lowest BCUT2D eigenvalue weighted by Crippen LogP contribution is -2.46. The summed E-state index contributed by atoms with van der Waals surface area (Å²) in [6.07, 6.45) is -0.816. The largest absolute Gasteiger partial charge is 0.598 e. The van der Waals surface area contributed by atoms with Crippen LogP contribution in [0.25, 0.3) is 0 Å². The minimum atomic E-state index is -1.31. The van der Waals surface area contributed by atoms with E-state index in [9.17, 15) is 9.35 Å². The van der Waals surface area contributed by atoms with Gasteiger partial charge in [-0.3, -0.25) is 0 Å². The van der Waals surface area contributed by atoms with Crippen molar-refractivity contribution < 1.29 is 18.8 Å². The Kier molecular flexibility index (Phi) is 4.27. The maximum absolute atomic E-state index is 12.3. The van der Waals surface area contributed by atoms with Crippen LogP contribution in [0.15, 0.2) is 24.3 Å². The quantitative estimate of drug-likeness (QED) is 0.679. The van der Waals surface area contributed by atoms with E-state index in [0.29, 0.717) is 5.75 Å². The number of methoxy groups -OCH3 is 1. The van der Waals surface area contributed by atoms with E-state index >= 15 is 0 Å². The number of ether oxygens (including phenoxy) is 2. The van der Waals surface area contributed by atoms with E-state index < -0.39 is 34.2 Å². The third kappa shape index (κ3) is 2.92. The molecule has 0 aliphatic carbocycles. The van der Waals surface area contributed by atoms with Crippen molar-refractivity contribution in [2.24, 2.45) is 0 Å². The molecule has 1 heterocycles. The summed E-state index contributed by atoms with van der Waals surface area (Å²) in [7, 11) is 1.31. The average molecular weight is 297 g/mol. The van der Waals surface area contributed by atoms with Crippen LogP contribution in [-0.2, 0) is 20.9 Å². The van der Waals surface area contributed by atoms with Gasteiger partial charge in [0, 0.05) is 16.9 Å². The van der Waals surface area contributed by atoms with Crippen LogP contribution in [0.5, 0.6) is 5.75 Å². The summed E-state index contributed by atoms with van der Waals surface area (Å²) in [5, 5.41) is 0. The second kappa shape index (κ2) is 5.63. The molecule has 1 unspecified atom stereocenters. The first-order valence-electron chi connectivity index (χ1n) is 6.36. The van der Waals surface area contributed by atoms with Crippen LogP contribution in [0.3, 0.4) is 0 Å². The van der Waals surface area contributed by atoms with Crippen molar-refractivity contribution >= 4 is 17.3 Å². The number of hydrogen-bond donors (Lipinski definition) is 1. The monoisotopic (exact) mass is 297 g/mol. The molecule has 5 nitrogen and oxygen atoms in total. The first kappa shape index (κ1) is 15.2. The maximum Gasteiger partial charge on any atom is 0.349 e. The molecule has 0 spiro atoms. The highest BCUT2D eigenvalue weighted by molar-refractivity contribution is 7.90. The Morgan fingerprint density at radius 3 is 2.65 bits per heavy atom. The number of para-hydroxylation sites is 1. The molecule has 1 aliphatic heterocycles. The third-order valence-electron chi connectivity index (χ3n) is 3.03. The van der Waals surface area contributed by atoms with Crippen LogP contribution in [0.1, 0.15) is 32.4 Å². The van der Waals surface area contributed by atoms with Crippen LogP contribution in [0.4, 0.5) is 0 Å². The maximum atomic E-state index is 12.3. The Bertz CT molecular complexity index is 500. The summed E-state index contributed by atoms with van der Waals surface area (Å²) >= 11 is -1.31. The van der Waals surface area contributed by atoms with E-state index in [4.69, 9.17) is 9.47 Å². The van der Waals surface area contributed by atoms with Gasteiger partial charge in [0.15, 0.2) is 0 Å². The standard InChI is InChI=1S/C14H19NO4S/c1-14(2,3)20(17)15-11-9-7-5-6-8-10(9)19-12(11)13(16)18-4/h5-8,11-12,15H,1-4H3/t11-,12-,20?/m1/s1. The average Bonchev–Trinajstić information content (AvgIpc) is 2.76. The van der Waals surface area contributed by atoms with Crippen molar-refractivity contribution in [3.05, 3.63) is 29.8 Å². The lowest BCUT2D eigenvalue weighted by Gasteiger charge is -2.27. The Balaban J connectivity index is 2.27. The van der Waals surface area contributed by atoms with Crippen molar-refractivity contribution in [1.82, 2.24) is 4.72 Å². The van der Waals surface area contributed by atoms with Gasteiger partial charge in [-0.2, -0.15) is 0 Å². The van der Waals surface area contributed by atoms with Crippen LogP contribution in [0.2, 0.25) is 0 Å². The molecule has 0 saturated carbocycles. The highest BCUT2D eigenvalue weighted by atomic mass is 32.2. The molecule has 0 fully saturated rings. The van der Waals surface area contributed by atoms with Gasteiger partial charge >= 0.3 is 5.97 Å². The second-order valence-electron chi connectivity index (χ2n) is 5.58. The highest BCUT2D eigenvalue weighted by Crippen LogP contribution is 2.38. The van der Waals surface area contributed by atoms with E-state index in [-0.39, 0.29) is 0 Å². The molecule has 0 radical (unpaired) electrons. The molecule has 0 bridgehead atoms. The molecular weight excluding hydrogens is 278 g/mol. The van der Waals surface area contributed by atoms with E-state index in [1.54, 1.807) is 6.07 Å². The Labute approximate surface area is 122 Å². The molecule has 1 aromatic rings. The van der Waals surface area contributed by atoms with Gasteiger partial charge in [-0.15, -0.1) is 4.72 Å². The fourth-order valence-corrected chi connectivity index (χ4v) is 2.77. The van der Waals surface area contributed by atoms with Gasteiger partial charge in [-0.1, -0.05) is 18.2 Å². The highest BCUT2D eigenvalue weighted by Gasteiger charge is 2.44. The summed E-state index contributed by atoms with van der Waals surface area (Å²) in [6.45, 7) is 5.60. The van der Waals surface area contributed by atoms with Gasteiger partial charge in [0.25, 0.3) is 0 Å². The topological polar surface area (TPSA) is 70.6 Å². The summed E-state index contributed by atoms with van der Waals surface area (Å²) in [4.78, 5) is 11.8. The van der Waals surface area contributed by atoms with Crippen molar-refractivity contribution in [3.63, 3.8) is 0 Å². The predicted octanol–water partition coefficient (Wildman–Crippen LogP) is 1.71. The van der Waals surface area contributed by atoms with E-state index in [1.165, 1.54) is 7.11 Å². The van der Waals surface area contributed by atoms with Gasteiger partial charge < -0.3 is 14.0 Å². The Morgan fingerprint density at radius 1 is 1.40 bits per heavy atom. The summed E-state index contributed by atoms with van der Waals surface area (Å²) in [5.41, 5.74) is 0.820. The van der Waals surface area contributed by atoms with Crippen LogP contribution < -0.4 is 9.46 Å². The minimum Gasteiger partial charge on any atom is -0.598 e. The fraction of sp³-hybridized carbons (Fsp3) is 0.500. The number of benzene rings is 1. The van der Waals surface area contributed by atoms with Gasteiger partial charge in [0.1, 0.15) is 16.5 Å². The minimum absolute atomic E-state index is 0.432. The van der Waals surface area contributed by atoms with Gasteiger partial charge in [0.05, 0.1) is 7.11 Å². The molecule has 0 saturated heterocycles. The molecule has 20 heavy (non-hydrogen) atoms. The molecule has 6 heteroatoms. The molecule has 1 aromatic carbocycles. The predicted molar refractivity (Wildman–Crippen MR) is 76.6 cm³/mol. The van der Waals surface area contributed by atoms with Crippen molar-refractivity contribution in [2.45, 2.75) is 37.7 Å². The second-order valence-corrected chi connectivity index (χ2v) is 7.57. The molecule has 2 rings (SSSR count). The number of hydrogen-bond acceptors (Lipinski definition) is 5. The summed E-state index contributed by atoms with van der Waals surface area (Å²) in [5.74, 6) is 0.135. The van der Waals surface area contributed by atoms with Crippen LogP contribution in [0, 0.1) is 0 Å². The smallest absolute Gasteiger partial charge is 0.349 e. The number of fused-ring (bicyclic) bond motifs is 1. The zero-order valence-corrected chi connectivity index (χ0v) is 12.8. The zero-order valence-electron chi connectivity index (χ0n) is 12.0. The first-order chi connectivity index (χ1) is 9.34. The number of rotatable bonds is 3. The lowest BCUT2D eigenvalue weighted by molar-refractivity contribution is -0.149. The molecule has 1 N–H and O–H groups in total. The molecule has 1 aliphatic rings. The molecule has 0 amide bonds. The molecular formula is C14H19NO4S. The number of carbonyl (C=O) groups is 1. The summed E-state index contributed by atoms with van der Waals surface area (Å²) < 4.78 is 25.2. The van der Waals surface area contributed by atoms with Gasteiger partial charge in [-0.25, -0.2) is 4.79 Å². The molecule has 0 aromatic heterocycles. The lowest BCUT2D eigenvalue weighted by atomic mass is 10.1. The third-order valence-corrected chi connectivity index (χ3v) is 4.61.